The van der Waals surface area contributed by atoms with Crippen LogP contribution in [0.5, 0.6) is 0 Å². The minimum atomic E-state index is 0.0573. The predicted octanol–water partition coefficient (Wildman–Crippen LogP) is 3.15. The van der Waals surface area contributed by atoms with Crippen molar-refractivity contribution in [2.45, 2.75) is 52.4 Å². The van der Waals surface area contributed by atoms with Gasteiger partial charge in [0.15, 0.2) is 0 Å². The summed E-state index contributed by atoms with van der Waals surface area (Å²) in [4.78, 5) is 8.75. The number of allylic oxidation sites excluding steroid dienone is 1. The Balaban J connectivity index is 1.70. The summed E-state index contributed by atoms with van der Waals surface area (Å²) in [5.41, 5.74) is 10.5. The lowest BCUT2D eigenvalue weighted by molar-refractivity contribution is -0.0539. The van der Waals surface area contributed by atoms with Crippen molar-refractivity contribution in [3.05, 3.63) is 35.9 Å². The van der Waals surface area contributed by atoms with E-state index in [2.05, 4.69) is 30.4 Å². The summed E-state index contributed by atoms with van der Waals surface area (Å²) in [7, 11) is 0. The summed E-state index contributed by atoms with van der Waals surface area (Å²) in [6.07, 6.45) is 10.2. The highest BCUT2D eigenvalue weighted by Crippen LogP contribution is 2.62. The van der Waals surface area contributed by atoms with Gasteiger partial charge in [-0.15, -0.1) is 0 Å². The number of fused-ring (bicyclic) bond motifs is 2. The first-order chi connectivity index (χ1) is 12.4. The lowest BCUT2D eigenvalue weighted by Gasteiger charge is -2.56. The van der Waals surface area contributed by atoms with Gasteiger partial charge in [-0.25, -0.2) is 9.97 Å². The highest BCUT2D eigenvalue weighted by molar-refractivity contribution is 5.26. The monoisotopic (exact) mass is 355 g/mol. The van der Waals surface area contributed by atoms with Crippen molar-refractivity contribution >= 4 is 0 Å². The van der Waals surface area contributed by atoms with Crippen molar-refractivity contribution in [2.24, 2.45) is 40.2 Å². The zero-order valence-electron chi connectivity index (χ0n) is 16.2. The molecule has 3 aliphatic carbocycles. The van der Waals surface area contributed by atoms with Gasteiger partial charge in [0.25, 0.3) is 0 Å². The maximum atomic E-state index is 10.2. The van der Waals surface area contributed by atoms with Crippen LogP contribution in [-0.2, 0) is 12.8 Å². The van der Waals surface area contributed by atoms with Crippen molar-refractivity contribution in [2.75, 3.05) is 13.2 Å². The van der Waals surface area contributed by atoms with E-state index in [-0.39, 0.29) is 23.4 Å². The summed E-state index contributed by atoms with van der Waals surface area (Å²) in [6.45, 7) is 10.2. The van der Waals surface area contributed by atoms with Gasteiger partial charge in [0, 0.05) is 18.5 Å². The molecular weight excluding hydrogens is 322 g/mol. The molecule has 142 valence electrons. The molecule has 6 atom stereocenters. The molecule has 2 fully saturated rings. The summed E-state index contributed by atoms with van der Waals surface area (Å²) in [6, 6.07) is 0. The van der Waals surface area contributed by atoms with Gasteiger partial charge >= 0.3 is 0 Å². The van der Waals surface area contributed by atoms with Crippen LogP contribution in [0.2, 0.25) is 0 Å². The number of hydrogen-bond donors (Lipinski definition) is 2. The van der Waals surface area contributed by atoms with Gasteiger partial charge in [-0.3, -0.25) is 0 Å². The molecular formula is C22H33N3O. The SMILES string of the molecule is C=C1CC[C@H]2[C@H](CN)[C@@H]([C@@]3(C)Cc4cncnc4C[C@@H]3CO)CC[C@]12C. The molecule has 0 saturated heterocycles. The molecule has 1 aromatic rings. The van der Waals surface area contributed by atoms with Crippen LogP contribution in [0.1, 0.15) is 50.8 Å². The fraction of sp³-hybridized carbons (Fsp3) is 0.727. The van der Waals surface area contributed by atoms with Crippen LogP contribution < -0.4 is 5.73 Å². The molecule has 0 bridgehead atoms. The van der Waals surface area contributed by atoms with Gasteiger partial charge in [-0.1, -0.05) is 26.0 Å². The van der Waals surface area contributed by atoms with E-state index in [1.54, 1.807) is 6.33 Å². The maximum Gasteiger partial charge on any atom is 0.115 e. The number of nitrogens with two attached hydrogens (primary N) is 1. The lowest BCUT2D eigenvalue weighted by Crippen LogP contribution is -2.53. The molecule has 0 spiro atoms. The molecule has 4 nitrogen and oxygen atoms in total. The first-order valence-corrected chi connectivity index (χ1v) is 10.2. The van der Waals surface area contributed by atoms with E-state index in [0.29, 0.717) is 17.8 Å². The molecule has 3 aliphatic rings. The van der Waals surface area contributed by atoms with Crippen LogP contribution in [0.4, 0.5) is 0 Å². The van der Waals surface area contributed by atoms with Crippen LogP contribution in [0.15, 0.2) is 24.7 Å². The molecule has 3 N–H and O–H groups in total. The Morgan fingerprint density at radius 3 is 2.85 bits per heavy atom. The fourth-order valence-electron chi connectivity index (χ4n) is 6.79. The number of nitrogens with zero attached hydrogens (tertiary/aromatic N) is 2. The van der Waals surface area contributed by atoms with Crippen molar-refractivity contribution in [1.82, 2.24) is 9.97 Å². The molecule has 0 unspecified atom stereocenters. The van der Waals surface area contributed by atoms with Crippen LogP contribution in [0.3, 0.4) is 0 Å². The Bertz CT molecular complexity index is 704. The van der Waals surface area contributed by atoms with E-state index < -0.39 is 0 Å². The number of hydrogen-bond acceptors (Lipinski definition) is 4. The van der Waals surface area contributed by atoms with Crippen LogP contribution in [0, 0.1) is 34.5 Å². The smallest absolute Gasteiger partial charge is 0.115 e. The minimum Gasteiger partial charge on any atom is -0.396 e. The highest BCUT2D eigenvalue weighted by atomic mass is 16.3. The van der Waals surface area contributed by atoms with Crippen LogP contribution in [0.25, 0.3) is 0 Å². The van der Waals surface area contributed by atoms with Crippen LogP contribution >= 0.6 is 0 Å². The van der Waals surface area contributed by atoms with Gasteiger partial charge in [-0.2, -0.15) is 0 Å². The predicted molar refractivity (Wildman–Crippen MR) is 103 cm³/mol. The van der Waals surface area contributed by atoms with Gasteiger partial charge < -0.3 is 10.8 Å². The highest BCUT2D eigenvalue weighted by Gasteiger charge is 2.56. The van der Waals surface area contributed by atoms with E-state index >= 15 is 0 Å². The molecule has 0 radical (unpaired) electrons. The van der Waals surface area contributed by atoms with Crippen molar-refractivity contribution in [3.8, 4) is 0 Å². The zero-order valence-corrected chi connectivity index (χ0v) is 16.2. The lowest BCUT2D eigenvalue weighted by atomic mass is 9.49. The summed E-state index contributed by atoms with van der Waals surface area (Å²) >= 11 is 0. The van der Waals surface area contributed by atoms with Gasteiger partial charge in [0.1, 0.15) is 6.33 Å². The third kappa shape index (κ3) is 2.49. The largest absolute Gasteiger partial charge is 0.396 e. The first-order valence-electron chi connectivity index (χ1n) is 10.2. The average molecular weight is 356 g/mol. The third-order valence-corrected chi connectivity index (χ3v) is 8.56. The average Bonchev–Trinajstić information content (AvgIpc) is 2.95. The van der Waals surface area contributed by atoms with E-state index in [1.165, 1.54) is 30.4 Å². The Morgan fingerprint density at radius 1 is 1.31 bits per heavy atom. The summed E-state index contributed by atoms with van der Waals surface area (Å²) < 4.78 is 0. The Labute approximate surface area is 157 Å². The zero-order chi connectivity index (χ0) is 18.5. The Morgan fingerprint density at radius 2 is 2.12 bits per heavy atom. The summed E-state index contributed by atoms with van der Waals surface area (Å²) in [5, 5.41) is 10.2. The van der Waals surface area contributed by atoms with E-state index in [0.717, 1.165) is 31.5 Å². The molecule has 26 heavy (non-hydrogen) atoms. The molecule has 1 aromatic heterocycles. The quantitative estimate of drug-likeness (QED) is 0.817. The Kier molecular flexibility index (Phi) is 4.47. The molecule has 4 heteroatoms. The fourth-order valence-corrected chi connectivity index (χ4v) is 6.79. The maximum absolute atomic E-state index is 10.2. The van der Waals surface area contributed by atoms with Gasteiger partial charge in [0.2, 0.25) is 0 Å². The number of aliphatic hydroxyl groups excluding tert-OH is 1. The Hall–Kier alpha value is -1.26. The number of rotatable bonds is 3. The van der Waals surface area contributed by atoms with Crippen molar-refractivity contribution in [1.29, 1.82) is 0 Å². The molecule has 0 aliphatic heterocycles. The molecule has 4 rings (SSSR count). The third-order valence-electron chi connectivity index (χ3n) is 8.56. The van der Waals surface area contributed by atoms with E-state index in [9.17, 15) is 5.11 Å². The second-order valence-corrected chi connectivity index (χ2v) is 9.47. The number of aromatic nitrogens is 2. The van der Waals surface area contributed by atoms with E-state index in [1.807, 2.05) is 6.20 Å². The first kappa shape index (κ1) is 18.1. The standard InChI is InChI=1S/C22H33N3O/c1-14-4-5-18-17(10-23)19(6-7-21(14,18)2)22(3)9-15-11-24-13-25-20(15)8-16(22)12-26/h11,13,16-19,26H,1,4-10,12,23H2,2-3H3/t16-,17+,18+,19+,21-,22+/m1/s1. The van der Waals surface area contributed by atoms with Crippen molar-refractivity contribution in [3.63, 3.8) is 0 Å². The summed E-state index contributed by atoms with van der Waals surface area (Å²) in [5.74, 6) is 1.95. The molecule has 2 saturated carbocycles. The topological polar surface area (TPSA) is 72.0 Å². The van der Waals surface area contributed by atoms with Gasteiger partial charge in [0.05, 0.1) is 0 Å². The second-order valence-electron chi connectivity index (χ2n) is 9.47. The van der Waals surface area contributed by atoms with Crippen molar-refractivity contribution < 1.29 is 5.11 Å². The van der Waals surface area contributed by atoms with Gasteiger partial charge in [-0.05, 0) is 85.1 Å². The molecule has 0 amide bonds. The normalized spacial score (nSPS) is 42.4. The molecule has 0 aromatic carbocycles. The second kappa shape index (κ2) is 6.42. The molecule has 1 heterocycles. The number of aliphatic hydroxyl groups is 1. The van der Waals surface area contributed by atoms with E-state index in [4.69, 9.17) is 5.73 Å². The minimum absolute atomic E-state index is 0.0573. The van der Waals surface area contributed by atoms with Crippen LogP contribution in [-0.4, -0.2) is 28.2 Å².